The Labute approximate surface area is 126 Å². The first-order valence-electron chi connectivity index (χ1n) is 7.25. The first-order chi connectivity index (χ1) is 9.81. The van der Waals surface area contributed by atoms with Crippen LogP contribution in [-0.4, -0.2) is 30.2 Å². The lowest BCUT2D eigenvalue weighted by Crippen LogP contribution is -2.36. The standard InChI is InChI=1S/C16H24N2O3/c1-16(2,3)21-15(19)18-9-5-6-13(18)12-10-11(17)7-8-14(12)20-4/h7-8,10,13H,5-6,9,17H2,1-4H3. The molecule has 0 spiro atoms. The van der Waals surface area contributed by atoms with E-state index in [4.69, 9.17) is 15.2 Å². The number of hydrogen-bond acceptors (Lipinski definition) is 4. The topological polar surface area (TPSA) is 64.8 Å². The molecular formula is C16H24N2O3. The average Bonchev–Trinajstić information content (AvgIpc) is 2.85. The molecule has 0 saturated carbocycles. The molecule has 2 rings (SSSR count). The molecular weight excluding hydrogens is 268 g/mol. The van der Waals surface area contributed by atoms with Crippen molar-refractivity contribution in [2.45, 2.75) is 45.3 Å². The predicted octanol–water partition coefficient (Wildman–Crippen LogP) is 3.35. The van der Waals surface area contributed by atoms with Crippen molar-refractivity contribution in [3.8, 4) is 5.75 Å². The predicted molar refractivity (Wildman–Crippen MR) is 82.3 cm³/mol. The zero-order valence-electron chi connectivity index (χ0n) is 13.2. The zero-order chi connectivity index (χ0) is 15.6. The number of carbonyl (C=O) groups is 1. The van der Waals surface area contributed by atoms with Gasteiger partial charge in [-0.3, -0.25) is 0 Å². The lowest BCUT2D eigenvalue weighted by molar-refractivity contribution is 0.0223. The van der Waals surface area contributed by atoms with E-state index in [0.717, 1.165) is 24.2 Å². The maximum atomic E-state index is 12.4. The molecule has 1 amide bonds. The van der Waals surface area contributed by atoms with E-state index in [1.165, 1.54) is 0 Å². The maximum absolute atomic E-state index is 12.4. The van der Waals surface area contributed by atoms with Crippen molar-refractivity contribution in [3.05, 3.63) is 23.8 Å². The summed E-state index contributed by atoms with van der Waals surface area (Å²) in [6, 6.07) is 5.48. The number of anilines is 1. The SMILES string of the molecule is COc1ccc(N)cc1C1CCCN1C(=O)OC(C)(C)C. The molecule has 116 valence electrons. The Bertz CT molecular complexity index is 523. The van der Waals surface area contributed by atoms with Crippen LogP contribution in [-0.2, 0) is 4.74 Å². The Morgan fingerprint density at radius 1 is 1.38 bits per heavy atom. The van der Waals surface area contributed by atoms with Gasteiger partial charge in [0.25, 0.3) is 0 Å². The van der Waals surface area contributed by atoms with Gasteiger partial charge >= 0.3 is 6.09 Å². The highest BCUT2D eigenvalue weighted by Crippen LogP contribution is 2.38. The van der Waals surface area contributed by atoms with Gasteiger partial charge in [0.1, 0.15) is 11.4 Å². The summed E-state index contributed by atoms with van der Waals surface area (Å²) in [6.45, 7) is 6.31. The molecule has 1 aliphatic heterocycles. The molecule has 0 radical (unpaired) electrons. The summed E-state index contributed by atoms with van der Waals surface area (Å²) in [5, 5.41) is 0. The number of hydrogen-bond donors (Lipinski definition) is 1. The molecule has 1 aliphatic rings. The average molecular weight is 292 g/mol. The summed E-state index contributed by atoms with van der Waals surface area (Å²) >= 11 is 0. The van der Waals surface area contributed by atoms with Crippen molar-refractivity contribution >= 4 is 11.8 Å². The van der Waals surface area contributed by atoms with Gasteiger partial charge in [0.05, 0.1) is 13.2 Å². The van der Waals surface area contributed by atoms with Crippen LogP contribution in [0, 0.1) is 0 Å². The molecule has 21 heavy (non-hydrogen) atoms. The molecule has 0 bridgehead atoms. The van der Waals surface area contributed by atoms with Crippen molar-refractivity contribution in [3.63, 3.8) is 0 Å². The van der Waals surface area contributed by atoms with Crippen LogP contribution in [0.5, 0.6) is 5.75 Å². The largest absolute Gasteiger partial charge is 0.496 e. The Morgan fingerprint density at radius 3 is 2.71 bits per heavy atom. The molecule has 1 fully saturated rings. The van der Waals surface area contributed by atoms with E-state index in [9.17, 15) is 4.79 Å². The fourth-order valence-corrected chi connectivity index (χ4v) is 2.64. The van der Waals surface area contributed by atoms with E-state index in [-0.39, 0.29) is 12.1 Å². The Kier molecular flexibility index (Phi) is 4.30. The summed E-state index contributed by atoms with van der Waals surface area (Å²) in [6.07, 6.45) is 1.55. The lowest BCUT2D eigenvalue weighted by atomic mass is 10.0. The number of nitrogens with zero attached hydrogens (tertiary/aromatic N) is 1. The van der Waals surface area contributed by atoms with Crippen LogP contribution < -0.4 is 10.5 Å². The van der Waals surface area contributed by atoms with E-state index in [1.54, 1.807) is 18.1 Å². The number of ether oxygens (including phenoxy) is 2. The monoisotopic (exact) mass is 292 g/mol. The third-order valence-electron chi connectivity index (χ3n) is 3.49. The second-order valence-corrected chi connectivity index (χ2v) is 6.33. The van der Waals surface area contributed by atoms with Crippen LogP contribution in [0.1, 0.15) is 45.2 Å². The molecule has 1 atom stereocenters. The number of amides is 1. The van der Waals surface area contributed by atoms with Gasteiger partial charge in [-0.25, -0.2) is 4.79 Å². The van der Waals surface area contributed by atoms with Crippen LogP contribution >= 0.6 is 0 Å². The number of methoxy groups -OCH3 is 1. The van der Waals surface area contributed by atoms with Gasteiger partial charge in [-0.1, -0.05) is 0 Å². The quantitative estimate of drug-likeness (QED) is 0.849. The van der Waals surface area contributed by atoms with E-state index in [0.29, 0.717) is 12.2 Å². The van der Waals surface area contributed by atoms with Crippen LogP contribution in [0.3, 0.4) is 0 Å². The van der Waals surface area contributed by atoms with E-state index >= 15 is 0 Å². The molecule has 1 aromatic rings. The first-order valence-corrected chi connectivity index (χ1v) is 7.25. The van der Waals surface area contributed by atoms with Gasteiger partial charge in [-0.15, -0.1) is 0 Å². The Balaban J connectivity index is 2.26. The molecule has 5 heteroatoms. The second kappa shape index (κ2) is 5.84. The second-order valence-electron chi connectivity index (χ2n) is 6.33. The summed E-state index contributed by atoms with van der Waals surface area (Å²) in [5.41, 5.74) is 7.00. The molecule has 1 heterocycles. The maximum Gasteiger partial charge on any atom is 0.410 e. The minimum atomic E-state index is -0.496. The van der Waals surface area contributed by atoms with Gasteiger partial charge < -0.3 is 20.1 Å². The molecule has 0 aromatic heterocycles. The number of rotatable bonds is 2. The van der Waals surface area contributed by atoms with Gasteiger partial charge in [-0.2, -0.15) is 0 Å². The summed E-state index contributed by atoms with van der Waals surface area (Å²) in [5.74, 6) is 0.754. The Hall–Kier alpha value is -1.91. The minimum absolute atomic E-state index is 0.0432. The Morgan fingerprint density at radius 2 is 2.10 bits per heavy atom. The molecule has 2 N–H and O–H groups in total. The van der Waals surface area contributed by atoms with Gasteiger partial charge in [0.2, 0.25) is 0 Å². The fraction of sp³-hybridized carbons (Fsp3) is 0.562. The third-order valence-corrected chi connectivity index (χ3v) is 3.49. The summed E-state index contributed by atoms with van der Waals surface area (Å²) in [7, 11) is 1.63. The number of nitrogen functional groups attached to an aromatic ring is 1. The molecule has 1 unspecified atom stereocenters. The van der Waals surface area contributed by atoms with Crippen LogP contribution in [0.25, 0.3) is 0 Å². The minimum Gasteiger partial charge on any atom is -0.496 e. The summed E-state index contributed by atoms with van der Waals surface area (Å²) in [4.78, 5) is 14.1. The molecule has 1 saturated heterocycles. The zero-order valence-corrected chi connectivity index (χ0v) is 13.2. The van der Waals surface area contributed by atoms with Crippen molar-refractivity contribution < 1.29 is 14.3 Å². The molecule has 1 aromatic carbocycles. The normalized spacial score (nSPS) is 18.7. The highest BCUT2D eigenvalue weighted by atomic mass is 16.6. The van der Waals surface area contributed by atoms with Gasteiger partial charge in [0, 0.05) is 17.8 Å². The van der Waals surface area contributed by atoms with E-state index in [2.05, 4.69) is 0 Å². The number of benzene rings is 1. The van der Waals surface area contributed by atoms with Crippen LogP contribution in [0.15, 0.2) is 18.2 Å². The lowest BCUT2D eigenvalue weighted by Gasteiger charge is -2.29. The highest BCUT2D eigenvalue weighted by molar-refractivity contribution is 5.69. The van der Waals surface area contributed by atoms with E-state index < -0.39 is 5.60 Å². The van der Waals surface area contributed by atoms with Crippen molar-refractivity contribution in [2.75, 3.05) is 19.4 Å². The number of carbonyl (C=O) groups excluding carboxylic acids is 1. The van der Waals surface area contributed by atoms with Gasteiger partial charge in [0.15, 0.2) is 0 Å². The van der Waals surface area contributed by atoms with Crippen molar-refractivity contribution in [1.29, 1.82) is 0 Å². The number of nitrogens with two attached hydrogens (primary N) is 1. The van der Waals surface area contributed by atoms with Crippen LogP contribution in [0.2, 0.25) is 0 Å². The fourth-order valence-electron chi connectivity index (χ4n) is 2.64. The van der Waals surface area contributed by atoms with Gasteiger partial charge in [-0.05, 0) is 51.8 Å². The van der Waals surface area contributed by atoms with Crippen molar-refractivity contribution in [1.82, 2.24) is 4.90 Å². The first kappa shape index (κ1) is 15.5. The molecule has 5 nitrogen and oxygen atoms in total. The van der Waals surface area contributed by atoms with E-state index in [1.807, 2.05) is 32.9 Å². The van der Waals surface area contributed by atoms with Crippen molar-refractivity contribution in [2.24, 2.45) is 0 Å². The van der Waals surface area contributed by atoms with Crippen LogP contribution in [0.4, 0.5) is 10.5 Å². The summed E-state index contributed by atoms with van der Waals surface area (Å²) < 4.78 is 10.9. The third kappa shape index (κ3) is 3.60. The molecule has 0 aliphatic carbocycles. The smallest absolute Gasteiger partial charge is 0.410 e. The highest BCUT2D eigenvalue weighted by Gasteiger charge is 2.34. The number of likely N-dealkylation sites (tertiary alicyclic amines) is 1.